The molecule has 0 amide bonds. The van der Waals surface area contributed by atoms with Crippen molar-refractivity contribution in [2.24, 2.45) is 5.73 Å². The second-order valence-corrected chi connectivity index (χ2v) is 3.04. The first-order chi connectivity index (χ1) is 6.15. The van der Waals surface area contributed by atoms with Crippen LogP contribution in [0.4, 0.5) is 0 Å². The van der Waals surface area contributed by atoms with E-state index in [0.717, 1.165) is 11.3 Å². The number of aliphatic hydroxyl groups excluding tert-OH is 1. The van der Waals surface area contributed by atoms with Crippen LogP contribution in [-0.2, 0) is 0 Å². The zero-order chi connectivity index (χ0) is 9.84. The van der Waals surface area contributed by atoms with E-state index < -0.39 is 6.10 Å². The van der Waals surface area contributed by atoms with Gasteiger partial charge in [0.05, 0.1) is 19.3 Å². The lowest BCUT2D eigenvalue weighted by atomic mass is 10.0. The van der Waals surface area contributed by atoms with Crippen LogP contribution in [0.1, 0.15) is 18.5 Å². The molecule has 1 aromatic carbocycles. The van der Waals surface area contributed by atoms with E-state index in [1.165, 1.54) is 0 Å². The Bertz CT molecular complexity index is 279. The van der Waals surface area contributed by atoms with Crippen molar-refractivity contribution in [1.29, 1.82) is 0 Å². The lowest BCUT2D eigenvalue weighted by Gasteiger charge is -2.15. The molecule has 80 valence electrons. The topological polar surface area (TPSA) is 55.5 Å². The number of benzene rings is 1. The molecule has 1 aromatic rings. The Kier molecular flexibility index (Phi) is 5.53. The quantitative estimate of drug-likeness (QED) is 0.807. The second kappa shape index (κ2) is 5.86. The number of nitrogens with two attached hydrogens (primary N) is 1. The number of aliphatic hydroxyl groups is 1. The predicted molar refractivity (Wildman–Crippen MR) is 58.9 cm³/mol. The summed E-state index contributed by atoms with van der Waals surface area (Å²) >= 11 is 0. The molecule has 0 aliphatic rings. The van der Waals surface area contributed by atoms with Crippen LogP contribution < -0.4 is 10.5 Å². The molecule has 0 aliphatic heterocycles. The molecule has 0 aliphatic carbocycles. The maximum Gasteiger partial charge on any atom is 0.119 e. The highest BCUT2D eigenvalue weighted by atomic mass is 35.5. The van der Waals surface area contributed by atoms with Crippen molar-refractivity contribution in [1.82, 2.24) is 0 Å². The monoisotopic (exact) mass is 217 g/mol. The zero-order valence-electron chi connectivity index (χ0n) is 8.31. The van der Waals surface area contributed by atoms with Gasteiger partial charge in [0.1, 0.15) is 5.75 Å². The summed E-state index contributed by atoms with van der Waals surface area (Å²) in [5.41, 5.74) is 6.64. The fraction of sp³-hybridized carbons (Fsp3) is 0.400. The lowest BCUT2D eigenvalue weighted by molar-refractivity contribution is 0.164. The van der Waals surface area contributed by atoms with E-state index in [4.69, 9.17) is 10.5 Å². The Morgan fingerprint density at radius 3 is 2.57 bits per heavy atom. The molecule has 0 radical (unpaired) electrons. The maximum absolute atomic E-state index is 9.27. The third-order valence-corrected chi connectivity index (χ3v) is 2.00. The van der Waals surface area contributed by atoms with Gasteiger partial charge >= 0.3 is 0 Å². The van der Waals surface area contributed by atoms with Gasteiger partial charge in [-0.3, -0.25) is 0 Å². The summed E-state index contributed by atoms with van der Waals surface area (Å²) in [5.74, 6) is 0.758. The van der Waals surface area contributed by atoms with Crippen molar-refractivity contribution in [2.45, 2.75) is 19.1 Å². The van der Waals surface area contributed by atoms with Gasteiger partial charge < -0.3 is 15.6 Å². The van der Waals surface area contributed by atoms with Crippen molar-refractivity contribution in [2.75, 3.05) is 7.11 Å². The third-order valence-electron chi connectivity index (χ3n) is 2.00. The van der Waals surface area contributed by atoms with Crippen LogP contribution in [-0.4, -0.2) is 18.3 Å². The fourth-order valence-corrected chi connectivity index (χ4v) is 1.13. The molecule has 3 nitrogen and oxygen atoms in total. The minimum Gasteiger partial charge on any atom is -0.497 e. The SMILES string of the molecule is COc1cccc([C@H](N)[C@@H](C)O)c1.Cl. The molecule has 1 rings (SSSR count). The Balaban J connectivity index is 0.00000169. The molecule has 4 heteroatoms. The fourth-order valence-electron chi connectivity index (χ4n) is 1.13. The zero-order valence-corrected chi connectivity index (χ0v) is 9.12. The van der Waals surface area contributed by atoms with Crippen LogP contribution in [0, 0.1) is 0 Å². The van der Waals surface area contributed by atoms with Crippen LogP contribution >= 0.6 is 12.4 Å². The second-order valence-electron chi connectivity index (χ2n) is 3.04. The van der Waals surface area contributed by atoms with E-state index in [2.05, 4.69) is 0 Å². The Morgan fingerprint density at radius 2 is 2.07 bits per heavy atom. The first-order valence-corrected chi connectivity index (χ1v) is 4.22. The van der Waals surface area contributed by atoms with Crippen LogP contribution in [0.3, 0.4) is 0 Å². The Hall–Kier alpha value is -0.770. The van der Waals surface area contributed by atoms with Gasteiger partial charge in [-0.25, -0.2) is 0 Å². The van der Waals surface area contributed by atoms with Gasteiger partial charge in [0.2, 0.25) is 0 Å². The van der Waals surface area contributed by atoms with Gasteiger partial charge in [-0.1, -0.05) is 12.1 Å². The summed E-state index contributed by atoms with van der Waals surface area (Å²) in [7, 11) is 1.60. The van der Waals surface area contributed by atoms with E-state index in [-0.39, 0.29) is 18.4 Å². The first kappa shape index (κ1) is 13.2. The molecule has 0 spiro atoms. The van der Waals surface area contributed by atoms with Gasteiger partial charge in [-0.05, 0) is 24.6 Å². The Morgan fingerprint density at radius 1 is 1.43 bits per heavy atom. The van der Waals surface area contributed by atoms with Gasteiger partial charge in [-0.15, -0.1) is 12.4 Å². The molecule has 0 bridgehead atoms. The van der Waals surface area contributed by atoms with E-state index in [0.29, 0.717) is 0 Å². The van der Waals surface area contributed by atoms with Gasteiger partial charge in [-0.2, -0.15) is 0 Å². The number of methoxy groups -OCH3 is 1. The molecule has 0 heterocycles. The van der Waals surface area contributed by atoms with Gasteiger partial charge in [0.25, 0.3) is 0 Å². The van der Waals surface area contributed by atoms with Crippen LogP contribution in [0.25, 0.3) is 0 Å². The molecule has 0 saturated heterocycles. The summed E-state index contributed by atoms with van der Waals surface area (Å²) in [6.45, 7) is 1.67. The van der Waals surface area contributed by atoms with Crippen LogP contribution in [0.5, 0.6) is 5.75 Å². The van der Waals surface area contributed by atoms with Crippen molar-refractivity contribution in [3.05, 3.63) is 29.8 Å². The minimum absolute atomic E-state index is 0. The molecule has 3 N–H and O–H groups in total. The molecular formula is C10H16ClNO2. The third kappa shape index (κ3) is 3.18. The summed E-state index contributed by atoms with van der Waals surface area (Å²) < 4.78 is 5.05. The van der Waals surface area contributed by atoms with Gasteiger partial charge in [0.15, 0.2) is 0 Å². The van der Waals surface area contributed by atoms with Crippen molar-refractivity contribution < 1.29 is 9.84 Å². The molecule has 2 atom stereocenters. The highest BCUT2D eigenvalue weighted by Crippen LogP contribution is 2.19. The van der Waals surface area contributed by atoms with Gasteiger partial charge in [0, 0.05) is 0 Å². The van der Waals surface area contributed by atoms with Crippen molar-refractivity contribution in [3.63, 3.8) is 0 Å². The standard InChI is InChI=1S/C10H15NO2.ClH/c1-7(12)10(11)8-4-3-5-9(6-8)13-2;/h3-7,10,12H,11H2,1-2H3;1H/t7-,10-;/m1./s1. The Labute approximate surface area is 90.3 Å². The van der Waals surface area contributed by atoms with Crippen LogP contribution in [0.15, 0.2) is 24.3 Å². The van der Waals surface area contributed by atoms with E-state index in [1.54, 1.807) is 14.0 Å². The number of hydrogen-bond donors (Lipinski definition) is 2. The molecule has 0 unspecified atom stereocenters. The maximum atomic E-state index is 9.27. The summed E-state index contributed by atoms with van der Waals surface area (Å²) in [6, 6.07) is 7.06. The number of ether oxygens (including phenoxy) is 1. The largest absolute Gasteiger partial charge is 0.497 e. The molecule has 0 aromatic heterocycles. The van der Waals surface area contributed by atoms with E-state index >= 15 is 0 Å². The van der Waals surface area contributed by atoms with E-state index in [1.807, 2.05) is 24.3 Å². The molecular weight excluding hydrogens is 202 g/mol. The van der Waals surface area contributed by atoms with Crippen molar-refractivity contribution >= 4 is 12.4 Å². The highest BCUT2D eigenvalue weighted by Gasteiger charge is 2.11. The molecule has 0 fully saturated rings. The van der Waals surface area contributed by atoms with Crippen LogP contribution in [0.2, 0.25) is 0 Å². The normalized spacial score (nSPS) is 14.0. The number of hydrogen-bond acceptors (Lipinski definition) is 3. The minimum atomic E-state index is -0.549. The smallest absolute Gasteiger partial charge is 0.119 e. The van der Waals surface area contributed by atoms with Crippen molar-refractivity contribution in [3.8, 4) is 5.75 Å². The predicted octanol–water partition coefficient (Wildman–Crippen LogP) is 1.50. The summed E-state index contributed by atoms with van der Waals surface area (Å²) in [6.07, 6.45) is -0.549. The highest BCUT2D eigenvalue weighted by molar-refractivity contribution is 5.85. The number of rotatable bonds is 3. The summed E-state index contributed by atoms with van der Waals surface area (Å²) in [4.78, 5) is 0. The van der Waals surface area contributed by atoms with E-state index in [9.17, 15) is 5.11 Å². The first-order valence-electron chi connectivity index (χ1n) is 4.22. The average molecular weight is 218 g/mol. The molecule has 14 heavy (non-hydrogen) atoms. The summed E-state index contributed by atoms with van der Waals surface area (Å²) in [5, 5.41) is 9.27. The average Bonchev–Trinajstić information content (AvgIpc) is 2.16. The molecule has 0 saturated carbocycles. The lowest BCUT2D eigenvalue weighted by Crippen LogP contribution is -2.22. The number of halogens is 1.